The van der Waals surface area contributed by atoms with Crippen molar-refractivity contribution in [3.8, 4) is 0 Å². The number of anilines is 2. The van der Waals surface area contributed by atoms with Gasteiger partial charge in [0.2, 0.25) is 0 Å². The molecule has 0 spiro atoms. The maximum absolute atomic E-state index is 12.6. The second-order valence-corrected chi connectivity index (χ2v) is 6.23. The van der Waals surface area contributed by atoms with Crippen LogP contribution in [-0.4, -0.2) is 16.0 Å². The SMILES string of the molecule is O=C(Nc1cccc2cc[nH]c12)Nc1cccc2c1[nH]c1ccccc12. The van der Waals surface area contributed by atoms with E-state index in [0.717, 1.165) is 44.1 Å². The molecule has 5 aromatic rings. The Morgan fingerprint density at radius 3 is 2.35 bits per heavy atom. The van der Waals surface area contributed by atoms with E-state index < -0.39 is 0 Å². The molecule has 0 saturated carbocycles. The van der Waals surface area contributed by atoms with E-state index in [0.29, 0.717) is 0 Å². The van der Waals surface area contributed by atoms with Crippen LogP contribution >= 0.6 is 0 Å². The standard InChI is InChI=1S/C21H16N4O/c26-21(24-17-9-3-5-13-11-12-22-19(13)17)25-18-10-4-7-15-14-6-1-2-8-16(14)23-20(15)18/h1-12,22-23H,(H2,24,25,26). The summed E-state index contributed by atoms with van der Waals surface area (Å²) in [5.41, 5.74) is 4.37. The summed E-state index contributed by atoms with van der Waals surface area (Å²) in [5.74, 6) is 0. The van der Waals surface area contributed by atoms with Crippen LogP contribution in [0.25, 0.3) is 32.7 Å². The van der Waals surface area contributed by atoms with Crippen molar-refractivity contribution in [2.45, 2.75) is 0 Å². The summed E-state index contributed by atoms with van der Waals surface area (Å²) in [6, 6.07) is 21.5. The molecule has 126 valence electrons. The Balaban J connectivity index is 1.49. The summed E-state index contributed by atoms with van der Waals surface area (Å²) in [4.78, 5) is 19.1. The highest BCUT2D eigenvalue weighted by Crippen LogP contribution is 2.30. The van der Waals surface area contributed by atoms with Gasteiger partial charge >= 0.3 is 6.03 Å². The number of carbonyl (C=O) groups excluding carboxylic acids is 1. The predicted octanol–water partition coefficient (Wildman–Crippen LogP) is 5.45. The van der Waals surface area contributed by atoms with Crippen molar-refractivity contribution < 1.29 is 4.79 Å². The van der Waals surface area contributed by atoms with Crippen molar-refractivity contribution in [1.82, 2.24) is 9.97 Å². The van der Waals surface area contributed by atoms with Gasteiger partial charge in [0.1, 0.15) is 0 Å². The van der Waals surface area contributed by atoms with E-state index in [2.05, 4.69) is 32.7 Å². The Morgan fingerprint density at radius 1 is 0.731 bits per heavy atom. The lowest BCUT2D eigenvalue weighted by molar-refractivity contribution is 0.262. The van der Waals surface area contributed by atoms with Gasteiger partial charge in [-0.05, 0) is 24.3 Å². The summed E-state index contributed by atoms with van der Waals surface area (Å²) in [6.07, 6.45) is 1.86. The highest BCUT2D eigenvalue weighted by Gasteiger charge is 2.11. The van der Waals surface area contributed by atoms with Crippen molar-refractivity contribution in [2.24, 2.45) is 0 Å². The molecule has 5 heteroatoms. The molecule has 0 saturated heterocycles. The van der Waals surface area contributed by atoms with Crippen molar-refractivity contribution in [3.63, 3.8) is 0 Å². The van der Waals surface area contributed by atoms with Crippen LogP contribution in [0.5, 0.6) is 0 Å². The van der Waals surface area contributed by atoms with Gasteiger partial charge in [-0.15, -0.1) is 0 Å². The van der Waals surface area contributed by atoms with Gasteiger partial charge in [-0.2, -0.15) is 0 Å². The second kappa shape index (κ2) is 5.67. The number of aromatic nitrogens is 2. The van der Waals surface area contributed by atoms with Crippen LogP contribution in [-0.2, 0) is 0 Å². The molecule has 0 aliphatic heterocycles. The number of carbonyl (C=O) groups is 1. The van der Waals surface area contributed by atoms with Gasteiger partial charge in [0, 0.05) is 27.9 Å². The number of aromatic amines is 2. The molecule has 0 fully saturated rings. The molecule has 0 aliphatic carbocycles. The van der Waals surface area contributed by atoms with Crippen molar-refractivity contribution in [2.75, 3.05) is 10.6 Å². The van der Waals surface area contributed by atoms with E-state index in [1.165, 1.54) is 0 Å². The monoisotopic (exact) mass is 340 g/mol. The van der Waals surface area contributed by atoms with Crippen LogP contribution < -0.4 is 10.6 Å². The van der Waals surface area contributed by atoms with Crippen LogP contribution in [0.4, 0.5) is 16.2 Å². The number of amides is 2. The molecule has 2 amide bonds. The molecule has 2 aromatic heterocycles. The van der Waals surface area contributed by atoms with E-state index in [-0.39, 0.29) is 6.03 Å². The summed E-state index contributed by atoms with van der Waals surface area (Å²) in [5, 5.41) is 9.16. The zero-order valence-corrected chi connectivity index (χ0v) is 13.8. The first-order valence-corrected chi connectivity index (χ1v) is 8.43. The normalized spacial score (nSPS) is 11.2. The number of hydrogen-bond acceptors (Lipinski definition) is 1. The summed E-state index contributed by atoms with van der Waals surface area (Å²) < 4.78 is 0. The van der Waals surface area contributed by atoms with Crippen LogP contribution in [0.15, 0.2) is 72.9 Å². The lowest BCUT2D eigenvalue weighted by Gasteiger charge is -2.09. The molecular weight excluding hydrogens is 324 g/mol. The minimum Gasteiger partial charge on any atom is -0.359 e. The van der Waals surface area contributed by atoms with Crippen LogP contribution in [0.1, 0.15) is 0 Å². The average Bonchev–Trinajstić information content (AvgIpc) is 3.27. The molecule has 5 nitrogen and oxygen atoms in total. The number of benzene rings is 3. The number of nitrogens with one attached hydrogen (secondary N) is 4. The third-order valence-electron chi connectivity index (χ3n) is 4.63. The number of fused-ring (bicyclic) bond motifs is 4. The molecule has 5 rings (SSSR count). The molecule has 0 aliphatic rings. The van der Waals surface area contributed by atoms with E-state index in [1.54, 1.807) is 0 Å². The highest BCUT2D eigenvalue weighted by atomic mass is 16.2. The second-order valence-electron chi connectivity index (χ2n) is 6.23. The summed E-state index contributed by atoms with van der Waals surface area (Å²) in [7, 11) is 0. The van der Waals surface area contributed by atoms with Crippen molar-refractivity contribution >= 4 is 50.1 Å². The number of urea groups is 1. The molecule has 2 heterocycles. The van der Waals surface area contributed by atoms with E-state index in [1.807, 2.05) is 60.8 Å². The fourth-order valence-corrected chi connectivity index (χ4v) is 3.44. The lowest BCUT2D eigenvalue weighted by Crippen LogP contribution is -2.19. The average molecular weight is 340 g/mol. The molecule has 0 radical (unpaired) electrons. The van der Waals surface area contributed by atoms with Crippen molar-refractivity contribution in [3.05, 3.63) is 72.9 Å². The van der Waals surface area contributed by atoms with Gasteiger partial charge in [0.15, 0.2) is 0 Å². The van der Waals surface area contributed by atoms with Gasteiger partial charge in [-0.25, -0.2) is 4.79 Å². The summed E-state index contributed by atoms with van der Waals surface area (Å²) >= 11 is 0. The van der Waals surface area contributed by atoms with Gasteiger partial charge in [0.25, 0.3) is 0 Å². The number of H-pyrrole nitrogens is 2. The lowest BCUT2D eigenvalue weighted by atomic mass is 10.1. The van der Waals surface area contributed by atoms with Crippen LogP contribution in [0.3, 0.4) is 0 Å². The van der Waals surface area contributed by atoms with E-state index >= 15 is 0 Å². The maximum Gasteiger partial charge on any atom is 0.323 e. The van der Waals surface area contributed by atoms with Crippen LogP contribution in [0, 0.1) is 0 Å². The van der Waals surface area contributed by atoms with Gasteiger partial charge in [-0.3, -0.25) is 0 Å². The number of para-hydroxylation sites is 3. The molecule has 26 heavy (non-hydrogen) atoms. The first-order chi connectivity index (χ1) is 12.8. The van der Waals surface area contributed by atoms with Crippen LogP contribution in [0.2, 0.25) is 0 Å². The number of rotatable bonds is 2. The molecule has 0 atom stereocenters. The fourth-order valence-electron chi connectivity index (χ4n) is 3.44. The zero-order valence-electron chi connectivity index (χ0n) is 13.8. The third-order valence-corrected chi connectivity index (χ3v) is 4.63. The Morgan fingerprint density at radius 2 is 1.46 bits per heavy atom. The largest absolute Gasteiger partial charge is 0.359 e. The van der Waals surface area contributed by atoms with Gasteiger partial charge in [0.05, 0.1) is 22.4 Å². The minimum atomic E-state index is -0.279. The first-order valence-electron chi connectivity index (χ1n) is 8.43. The topological polar surface area (TPSA) is 72.7 Å². The smallest absolute Gasteiger partial charge is 0.323 e. The molecular formula is C21H16N4O. The Kier molecular flexibility index (Phi) is 3.18. The molecule has 0 bridgehead atoms. The van der Waals surface area contributed by atoms with Crippen molar-refractivity contribution in [1.29, 1.82) is 0 Å². The van der Waals surface area contributed by atoms with E-state index in [9.17, 15) is 4.79 Å². The first kappa shape index (κ1) is 14.6. The Labute approximate surface area is 149 Å². The van der Waals surface area contributed by atoms with Gasteiger partial charge in [-0.1, -0.05) is 42.5 Å². The maximum atomic E-state index is 12.6. The molecule has 4 N–H and O–H groups in total. The fraction of sp³-hybridized carbons (Fsp3) is 0. The zero-order chi connectivity index (χ0) is 17.5. The minimum absolute atomic E-state index is 0.279. The highest BCUT2D eigenvalue weighted by molar-refractivity contribution is 6.14. The molecule has 0 unspecified atom stereocenters. The number of hydrogen-bond donors (Lipinski definition) is 4. The predicted molar refractivity (Wildman–Crippen MR) is 107 cm³/mol. The molecule has 3 aromatic carbocycles. The Bertz CT molecular complexity index is 1260. The quantitative estimate of drug-likeness (QED) is 0.339. The van der Waals surface area contributed by atoms with E-state index in [4.69, 9.17) is 0 Å². The Hall–Kier alpha value is -3.73. The third kappa shape index (κ3) is 2.29. The van der Waals surface area contributed by atoms with Gasteiger partial charge < -0.3 is 20.6 Å². The summed E-state index contributed by atoms with van der Waals surface area (Å²) in [6.45, 7) is 0.